The summed E-state index contributed by atoms with van der Waals surface area (Å²) in [5, 5.41) is 0. The summed E-state index contributed by atoms with van der Waals surface area (Å²) in [4.78, 5) is 7.45. The lowest BCUT2D eigenvalue weighted by Crippen LogP contribution is -2.05. The zero-order valence-electron chi connectivity index (χ0n) is 6.74. The van der Waals surface area contributed by atoms with E-state index in [1.54, 1.807) is 12.3 Å². The molecule has 0 spiro atoms. The predicted octanol–water partition coefficient (Wildman–Crippen LogP) is 1.31. The molecule has 0 unspecified atom stereocenters. The van der Waals surface area contributed by atoms with Crippen molar-refractivity contribution < 1.29 is 4.74 Å². The highest BCUT2D eigenvalue weighted by molar-refractivity contribution is 5.03. The minimum Gasteiger partial charge on any atom is -0.477 e. The molecule has 1 aromatic rings. The second kappa shape index (κ2) is 3.91. The maximum Gasteiger partial charge on any atom is 0.216 e. The molecule has 0 bridgehead atoms. The van der Waals surface area contributed by atoms with E-state index in [1.807, 2.05) is 0 Å². The Labute approximate surface area is 66.4 Å². The molecule has 3 heteroatoms. The van der Waals surface area contributed by atoms with Crippen molar-refractivity contribution in [1.29, 1.82) is 0 Å². The van der Waals surface area contributed by atoms with Crippen LogP contribution in [0.3, 0.4) is 0 Å². The van der Waals surface area contributed by atoms with Gasteiger partial charge in [0.15, 0.2) is 0 Å². The smallest absolute Gasteiger partial charge is 0.216 e. The summed E-state index contributed by atoms with van der Waals surface area (Å²) in [6, 6.07) is 1.72. The Morgan fingerprint density at radius 1 is 1.64 bits per heavy atom. The average molecular weight is 151 g/mol. The molecule has 1 aromatic heterocycles. The van der Waals surface area contributed by atoms with Crippen LogP contribution in [0.1, 0.15) is 13.8 Å². The molecule has 0 atom stereocenters. The van der Waals surface area contributed by atoms with Gasteiger partial charge in [-0.1, -0.05) is 13.8 Å². The molecular weight excluding hydrogens is 140 g/mol. The molecule has 0 saturated heterocycles. The van der Waals surface area contributed by atoms with Gasteiger partial charge in [-0.15, -0.1) is 0 Å². The molecule has 1 heterocycles. The lowest BCUT2D eigenvalue weighted by molar-refractivity contribution is 0.260. The van der Waals surface area contributed by atoms with E-state index in [-0.39, 0.29) is 0 Å². The van der Waals surface area contributed by atoms with Crippen LogP contribution in [0.15, 0.2) is 12.3 Å². The van der Waals surface area contributed by atoms with Crippen LogP contribution in [-0.2, 0) is 0 Å². The molecule has 3 nitrogen and oxygen atoms in total. The zero-order valence-corrected chi connectivity index (χ0v) is 6.74. The monoisotopic (exact) mass is 151 g/mol. The van der Waals surface area contributed by atoms with Crippen LogP contribution in [0.5, 0.6) is 5.88 Å². The molecule has 0 aliphatic heterocycles. The van der Waals surface area contributed by atoms with E-state index in [9.17, 15) is 0 Å². The highest BCUT2D eigenvalue weighted by Gasteiger charge is 1.95. The van der Waals surface area contributed by atoms with E-state index < -0.39 is 0 Å². The van der Waals surface area contributed by atoms with Crippen molar-refractivity contribution in [2.75, 3.05) is 6.61 Å². The van der Waals surface area contributed by atoms with Crippen molar-refractivity contribution in [3.63, 3.8) is 0 Å². The molecule has 0 N–H and O–H groups in total. The first-order chi connectivity index (χ1) is 5.29. The second-order valence-corrected chi connectivity index (χ2v) is 2.70. The van der Waals surface area contributed by atoms with Crippen LogP contribution >= 0.6 is 0 Å². The number of rotatable bonds is 3. The average Bonchev–Trinajstić information content (AvgIpc) is 2.03. The van der Waals surface area contributed by atoms with Gasteiger partial charge in [-0.3, -0.25) is 0 Å². The number of nitrogens with zero attached hydrogens (tertiary/aromatic N) is 2. The first-order valence-corrected chi connectivity index (χ1v) is 3.61. The Bertz CT molecular complexity index is 199. The number of hydrogen-bond donors (Lipinski definition) is 0. The third-order valence-corrected chi connectivity index (χ3v) is 1.07. The number of hydrogen-bond acceptors (Lipinski definition) is 3. The summed E-state index contributed by atoms with van der Waals surface area (Å²) in [5.74, 6) is 1.11. The van der Waals surface area contributed by atoms with Gasteiger partial charge in [-0.05, 0) is 5.92 Å². The van der Waals surface area contributed by atoms with Crippen molar-refractivity contribution in [3.05, 3.63) is 18.6 Å². The van der Waals surface area contributed by atoms with Crippen LogP contribution in [-0.4, -0.2) is 16.6 Å². The van der Waals surface area contributed by atoms with E-state index in [2.05, 4.69) is 30.1 Å². The quantitative estimate of drug-likeness (QED) is 0.653. The molecule has 1 rings (SSSR count). The van der Waals surface area contributed by atoms with Gasteiger partial charge in [0.25, 0.3) is 0 Å². The molecule has 0 aliphatic rings. The van der Waals surface area contributed by atoms with Crippen LogP contribution < -0.4 is 4.74 Å². The molecule has 0 saturated carbocycles. The number of aromatic nitrogens is 2. The van der Waals surface area contributed by atoms with Gasteiger partial charge in [-0.25, -0.2) is 4.98 Å². The molecule has 0 aliphatic carbocycles. The van der Waals surface area contributed by atoms with Crippen molar-refractivity contribution in [3.8, 4) is 5.88 Å². The summed E-state index contributed by atoms with van der Waals surface area (Å²) < 4.78 is 5.29. The Morgan fingerprint density at radius 2 is 2.45 bits per heavy atom. The molecule has 1 radical (unpaired) electrons. The summed E-state index contributed by atoms with van der Waals surface area (Å²) in [7, 11) is 0. The summed E-state index contributed by atoms with van der Waals surface area (Å²) in [6.07, 6.45) is 4.07. The van der Waals surface area contributed by atoms with Crippen LogP contribution in [0.25, 0.3) is 0 Å². The first kappa shape index (κ1) is 7.98. The normalized spacial score (nSPS) is 10.1. The zero-order chi connectivity index (χ0) is 8.10. The summed E-state index contributed by atoms with van der Waals surface area (Å²) in [6.45, 7) is 4.86. The Morgan fingerprint density at radius 3 is 3.00 bits per heavy atom. The largest absolute Gasteiger partial charge is 0.477 e. The van der Waals surface area contributed by atoms with E-state index in [4.69, 9.17) is 4.74 Å². The SMILES string of the molecule is CC(C)COc1ccn[c]n1. The topological polar surface area (TPSA) is 35.0 Å². The van der Waals surface area contributed by atoms with Crippen LogP contribution in [0.4, 0.5) is 0 Å². The minimum absolute atomic E-state index is 0.518. The van der Waals surface area contributed by atoms with Gasteiger partial charge in [-0.2, -0.15) is 4.98 Å². The fourth-order valence-electron chi connectivity index (χ4n) is 0.582. The van der Waals surface area contributed by atoms with Gasteiger partial charge in [0, 0.05) is 12.3 Å². The fraction of sp³-hybridized carbons (Fsp3) is 0.500. The van der Waals surface area contributed by atoms with Crippen molar-refractivity contribution in [2.45, 2.75) is 13.8 Å². The Kier molecular flexibility index (Phi) is 2.83. The second-order valence-electron chi connectivity index (χ2n) is 2.70. The van der Waals surface area contributed by atoms with Crippen molar-refractivity contribution in [2.24, 2.45) is 5.92 Å². The lowest BCUT2D eigenvalue weighted by Gasteiger charge is -2.05. The van der Waals surface area contributed by atoms with E-state index in [0.29, 0.717) is 18.4 Å². The fourth-order valence-corrected chi connectivity index (χ4v) is 0.582. The maximum absolute atomic E-state index is 5.29. The van der Waals surface area contributed by atoms with E-state index >= 15 is 0 Å². The van der Waals surface area contributed by atoms with Crippen LogP contribution in [0.2, 0.25) is 0 Å². The van der Waals surface area contributed by atoms with Gasteiger partial charge in [0.2, 0.25) is 12.2 Å². The molecule has 59 valence electrons. The summed E-state index contributed by atoms with van der Waals surface area (Å²) in [5.41, 5.74) is 0. The Hall–Kier alpha value is -1.12. The summed E-state index contributed by atoms with van der Waals surface area (Å²) >= 11 is 0. The van der Waals surface area contributed by atoms with Gasteiger partial charge in [0.1, 0.15) is 0 Å². The van der Waals surface area contributed by atoms with Gasteiger partial charge in [0.05, 0.1) is 6.61 Å². The van der Waals surface area contributed by atoms with Crippen LogP contribution in [0, 0.1) is 12.2 Å². The van der Waals surface area contributed by atoms with Crippen molar-refractivity contribution in [1.82, 2.24) is 9.97 Å². The standard InChI is InChI=1S/C8H11N2O/c1-7(2)5-11-8-3-4-9-6-10-8/h3-4,7H,5H2,1-2H3. The number of ether oxygens (including phenoxy) is 1. The first-order valence-electron chi connectivity index (χ1n) is 3.61. The molecule has 0 amide bonds. The Balaban J connectivity index is 2.39. The third-order valence-electron chi connectivity index (χ3n) is 1.07. The highest BCUT2D eigenvalue weighted by Crippen LogP contribution is 2.03. The van der Waals surface area contributed by atoms with E-state index in [1.165, 1.54) is 0 Å². The lowest BCUT2D eigenvalue weighted by atomic mass is 10.2. The molecular formula is C8H11N2O. The maximum atomic E-state index is 5.29. The molecule has 0 aromatic carbocycles. The molecule has 11 heavy (non-hydrogen) atoms. The predicted molar refractivity (Wildman–Crippen MR) is 41.2 cm³/mol. The minimum atomic E-state index is 0.518. The highest BCUT2D eigenvalue weighted by atomic mass is 16.5. The van der Waals surface area contributed by atoms with E-state index in [0.717, 1.165) is 0 Å². The van der Waals surface area contributed by atoms with Crippen molar-refractivity contribution >= 4 is 0 Å². The van der Waals surface area contributed by atoms with Gasteiger partial charge < -0.3 is 4.74 Å². The molecule has 0 fully saturated rings. The van der Waals surface area contributed by atoms with Gasteiger partial charge >= 0.3 is 0 Å². The third kappa shape index (κ3) is 2.98.